The van der Waals surface area contributed by atoms with E-state index in [4.69, 9.17) is 14.2 Å². The zero-order valence-electron chi connectivity index (χ0n) is 37.5. The van der Waals surface area contributed by atoms with Gasteiger partial charge >= 0.3 is 0 Å². The lowest BCUT2D eigenvalue weighted by Crippen LogP contribution is -2.28. The summed E-state index contributed by atoms with van der Waals surface area (Å²) in [6.07, 6.45) is 49.5. The van der Waals surface area contributed by atoms with Gasteiger partial charge in [-0.1, -0.05) is 117 Å². The number of hydrogen-bond donors (Lipinski definition) is 0. The van der Waals surface area contributed by atoms with Gasteiger partial charge in [-0.2, -0.15) is 0 Å². The molecule has 6 saturated carbocycles. The fourth-order valence-electron chi connectivity index (χ4n) is 12.8. The highest BCUT2D eigenvalue weighted by Crippen LogP contribution is 2.44. The molecular weight excluding hydrogens is 661 g/mol. The lowest BCUT2D eigenvalue weighted by molar-refractivity contribution is 0.0390. The number of ether oxygens (including phenoxy) is 3. The standard InChI is InChI=1S/C18H34O.C17H32O.C16H30O/c1-3-4-5-6-15-7-9-16(10-8-15)17-11-13-18(19-2)14-12-17;1-3-4-5-14-6-8-15(9-7-14)16-10-12-17(18-2)13-11-16;1-3-4-13-5-7-14(8-6-13)15-9-11-16(17-2)12-10-15/h15-18H,3-14H2,1-2H3;14-17H,3-13H2,1-2H3;13-16H,3-12H2,1-2H3. The van der Waals surface area contributed by atoms with Gasteiger partial charge < -0.3 is 14.2 Å². The van der Waals surface area contributed by atoms with Crippen molar-refractivity contribution in [1.29, 1.82) is 0 Å². The van der Waals surface area contributed by atoms with Crippen LogP contribution in [0.3, 0.4) is 0 Å². The molecule has 6 fully saturated rings. The van der Waals surface area contributed by atoms with E-state index in [1.807, 2.05) is 21.3 Å². The highest BCUT2D eigenvalue weighted by atomic mass is 16.5. The summed E-state index contributed by atoms with van der Waals surface area (Å²) in [6.45, 7) is 6.96. The van der Waals surface area contributed by atoms with Gasteiger partial charge in [0.25, 0.3) is 0 Å². The number of rotatable bonds is 15. The highest BCUT2D eigenvalue weighted by Gasteiger charge is 2.33. The summed E-state index contributed by atoms with van der Waals surface area (Å²) in [6, 6.07) is 0. The van der Waals surface area contributed by atoms with Crippen molar-refractivity contribution in [3.63, 3.8) is 0 Å². The topological polar surface area (TPSA) is 27.7 Å². The summed E-state index contributed by atoms with van der Waals surface area (Å²) < 4.78 is 16.5. The average molecular weight is 757 g/mol. The molecule has 0 radical (unpaired) electrons. The van der Waals surface area contributed by atoms with Crippen LogP contribution in [-0.4, -0.2) is 39.6 Å². The molecule has 0 aliphatic heterocycles. The quantitative estimate of drug-likeness (QED) is 0.156. The molecule has 0 amide bonds. The summed E-state index contributed by atoms with van der Waals surface area (Å²) in [5, 5.41) is 0. The SMILES string of the molecule is CCCC1CCC(C2CCC(OC)CC2)CC1.CCCCC1CCC(C2CCC(OC)CC2)CC1.CCCCCC1CCC(C2CCC(OC)CC2)CC1. The molecule has 0 saturated heterocycles. The van der Waals surface area contributed by atoms with Crippen molar-refractivity contribution >= 4 is 0 Å². The molecule has 318 valence electrons. The first-order chi connectivity index (χ1) is 26.5. The fraction of sp³-hybridized carbons (Fsp3) is 1.00. The molecule has 6 aliphatic rings. The van der Waals surface area contributed by atoms with Crippen LogP contribution in [0.25, 0.3) is 0 Å². The van der Waals surface area contributed by atoms with Crippen LogP contribution in [0.1, 0.15) is 233 Å². The lowest BCUT2D eigenvalue weighted by Gasteiger charge is -2.37. The van der Waals surface area contributed by atoms with Gasteiger partial charge in [0.15, 0.2) is 0 Å². The van der Waals surface area contributed by atoms with Crippen LogP contribution >= 0.6 is 0 Å². The Hall–Kier alpha value is -0.120. The van der Waals surface area contributed by atoms with Crippen molar-refractivity contribution in [1.82, 2.24) is 0 Å². The van der Waals surface area contributed by atoms with Crippen molar-refractivity contribution < 1.29 is 14.2 Å². The van der Waals surface area contributed by atoms with Crippen LogP contribution < -0.4 is 0 Å². The summed E-state index contributed by atoms with van der Waals surface area (Å²) in [4.78, 5) is 0. The minimum absolute atomic E-state index is 0.571. The highest BCUT2D eigenvalue weighted by molar-refractivity contribution is 4.85. The van der Waals surface area contributed by atoms with E-state index in [0.29, 0.717) is 18.3 Å². The van der Waals surface area contributed by atoms with Crippen LogP contribution in [0.2, 0.25) is 0 Å². The van der Waals surface area contributed by atoms with E-state index in [9.17, 15) is 0 Å². The van der Waals surface area contributed by atoms with Crippen LogP contribution in [-0.2, 0) is 14.2 Å². The summed E-state index contributed by atoms with van der Waals surface area (Å²) >= 11 is 0. The molecule has 6 aliphatic carbocycles. The van der Waals surface area contributed by atoms with E-state index >= 15 is 0 Å². The van der Waals surface area contributed by atoms with Gasteiger partial charge in [-0.3, -0.25) is 0 Å². The Bertz CT molecular complexity index is 857. The van der Waals surface area contributed by atoms with Crippen LogP contribution in [0.4, 0.5) is 0 Å². The van der Waals surface area contributed by atoms with Gasteiger partial charge in [-0.15, -0.1) is 0 Å². The maximum absolute atomic E-state index is 5.50. The van der Waals surface area contributed by atoms with E-state index in [0.717, 1.165) is 53.3 Å². The third-order valence-corrected chi connectivity index (χ3v) is 16.7. The van der Waals surface area contributed by atoms with Gasteiger partial charge in [0.1, 0.15) is 0 Å². The van der Waals surface area contributed by atoms with Crippen molar-refractivity contribution in [2.24, 2.45) is 53.3 Å². The van der Waals surface area contributed by atoms with Gasteiger partial charge in [0.05, 0.1) is 18.3 Å². The van der Waals surface area contributed by atoms with E-state index in [1.165, 1.54) is 212 Å². The second kappa shape index (κ2) is 27.5. The van der Waals surface area contributed by atoms with Gasteiger partial charge in [0.2, 0.25) is 0 Å². The smallest absolute Gasteiger partial charge is 0.0571 e. The third-order valence-electron chi connectivity index (χ3n) is 16.7. The van der Waals surface area contributed by atoms with E-state index in [1.54, 1.807) is 0 Å². The Balaban J connectivity index is 0.000000181. The first-order valence-corrected chi connectivity index (χ1v) is 25.1. The van der Waals surface area contributed by atoms with Gasteiger partial charge in [-0.05, 0) is 169 Å². The molecule has 3 heteroatoms. The van der Waals surface area contributed by atoms with Crippen LogP contribution in [0, 0.1) is 53.3 Å². The third kappa shape index (κ3) is 16.6. The Morgan fingerprint density at radius 3 is 0.796 bits per heavy atom. The number of unbranched alkanes of at least 4 members (excludes halogenated alkanes) is 3. The van der Waals surface area contributed by atoms with Crippen LogP contribution in [0.5, 0.6) is 0 Å². The van der Waals surface area contributed by atoms with Gasteiger partial charge in [0, 0.05) is 21.3 Å². The number of methoxy groups -OCH3 is 3. The maximum Gasteiger partial charge on any atom is 0.0571 e. The zero-order valence-corrected chi connectivity index (χ0v) is 37.5. The predicted octanol–water partition coefficient (Wildman–Crippen LogP) is 15.6. The molecule has 0 aromatic rings. The molecule has 0 aromatic carbocycles. The second-order valence-corrected chi connectivity index (χ2v) is 20.1. The van der Waals surface area contributed by atoms with Gasteiger partial charge in [-0.25, -0.2) is 0 Å². The average Bonchev–Trinajstić information content (AvgIpc) is 3.24. The molecule has 0 atom stereocenters. The molecule has 0 heterocycles. The van der Waals surface area contributed by atoms with Crippen molar-refractivity contribution in [3.8, 4) is 0 Å². The van der Waals surface area contributed by atoms with Crippen molar-refractivity contribution in [3.05, 3.63) is 0 Å². The van der Waals surface area contributed by atoms with E-state index < -0.39 is 0 Å². The summed E-state index contributed by atoms with van der Waals surface area (Å²) in [5.74, 6) is 9.46. The molecule has 54 heavy (non-hydrogen) atoms. The minimum Gasteiger partial charge on any atom is -0.381 e. The lowest BCUT2D eigenvalue weighted by atomic mass is 9.70. The first kappa shape index (κ1) is 46.6. The van der Waals surface area contributed by atoms with E-state index in [2.05, 4.69) is 20.8 Å². The summed E-state index contributed by atoms with van der Waals surface area (Å²) in [7, 11) is 5.64. The molecular formula is C51H96O3. The molecule has 6 rings (SSSR count). The Morgan fingerprint density at radius 2 is 0.537 bits per heavy atom. The van der Waals surface area contributed by atoms with Crippen molar-refractivity contribution in [2.45, 2.75) is 251 Å². The molecule has 0 unspecified atom stereocenters. The zero-order chi connectivity index (χ0) is 38.4. The van der Waals surface area contributed by atoms with Crippen molar-refractivity contribution in [2.75, 3.05) is 21.3 Å². The maximum atomic E-state index is 5.50. The predicted molar refractivity (Wildman–Crippen MR) is 233 cm³/mol. The van der Waals surface area contributed by atoms with E-state index in [-0.39, 0.29) is 0 Å². The first-order valence-electron chi connectivity index (χ1n) is 25.1. The normalized spacial score (nSPS) is 37.7. The fourth-order valence-corrected chi connectivity index (χ4v) is 12.8. The summed E-state index contributed by atoms with van der Waals surface area (Å²) in [5.41, 5.74) is 0. The Kier molecular flexibility index (Phi) is 23.8. The molecule has 0 N–H and O–H groups in total. The second-order valence-electron chi connectivity index (χ2n) is 20.1. The largest absolute Gasteiger partial charge is 0.381 e. The molecule has 0 spiro atoms. The Morgan fingerprint density at radius 1 is 0.278 bits per heavy atom. The molecule has 0 aromatic heterocycles. The number of hydrogen-bond acceptors (Lipinski definition) is 3. The monoisotopic (exact) mass is 757 g/mol. The minimum atomic E-state index is 0.571. The molecule has 0 bridgehead atoms. The van der Waals surface area contributed by atoms with Crippen LogP contribution in [0.15, 0.2) is 0 Å². The molecule has 3 nitrogen and oxygen atoms in total. The Labute approximate surface area is 338 Å².